The van der Waals surface area contributed by atoms with E-state index in [0.717, 1.165) is 22.0 Å². The zero-order valence-corrected chi connectivity index (χ0v) is 16.3. The maximum atomic E-state index is 12.3. The summed E-state index contributed by atoms with van der Waals surface area (Å²) >= 11 is 1.68. The molecule has 0 aromatic heterocycles. The van der Waals surface area contributed by atoms with Gasteiger partial charge in [0.25, 0.3) is 5.91 Å². The average molecular weight is 358 g/mol. The largest absolute Gasteiger partial charge is 0.492 e. The molecule has 0 atom stereocenters. The van der Waals surface area contributed by atoms with Crippen molar-refractivity contribution < 1.29 is 9.53 Å². The Morgan fingerprint density at radius 3 is 2.40 bits per heavy atom. The van der Waals surface area contributed by atoms with Crippen LogP contribution in [0.2, 0.25) is 0 Å². The van der Waals surface area contributed by atoms with Gasteiger partial charge in [0.05, 0.1) is 12.1 Å². The zero-order chi connectivity index (χ0) is 18.3. The van der Waals surface area contributed by atoms with Gasteiger partial charge in [-0.25, -0.2) is 0 Å². The summed E-state index contributed by atoms with van der Waals surface area (Å²) in [5.74, 6) is 1.71. The molecule has 1 amide bonds. The fourth-order valence-electron chi connectivity index (χ4n) is 2.42. The summed E-state index contributed by atoms with van der Waals surface area (Å²) in [6.07, 6.45) is 0. The van der Waals surface area contributed by atoms with Crippen molar-refractivity contribution in [2.75, 3.05) is 18.9 Å². The van der Waals surface area contributed by atoms with Crippen molar-refractivity contribution in [1.29, 1.82) is 0 Å². The molecule has 134 valence electrons. The van der Waals surface area contributed by atoms with E-state index in [2.05, 4.69) is 45.1 Å². The van der Waals surface area contributed by atoms with Crippen LogP contribution in [0, 0.1) is 0 Å². The predicted octanol–water partition coefficient (Wildman–Crippen LogP) is 4.90. The fourth-order valence-corrected chi connectivity index (χ4v) is 3.22. The van der Waals surface area contributed by atoms with E-state index in [9.17, 15) is 4.79 Å². The highest BCUT2D eigenvalue weighted by Crippen LogP contribution is 2.24. The molecule has 0 spiro atoms. The summed E-state index contributed by atoms with van der Waals surface area (Å²) in [6, 6.07) is 15.8. The summed E-state index contributed by atoms with van der Waals surface area (Å²) < 4.78 is 5.72. The molecule has 0 saturated heterocycles. The van der Waals surface area contributed by atoms with E-state index in [1.807, 2.05) is 36.4 Å². The number of hydrogen-bond donors (Lipinski definition) is 1. The van der Waals surface area contributed by atoms with Crippen LogP contribution < -0.4 is 10.1 Å². The normalized spacial score (nSPS) is 11.2. The molecule has 0 unspecified atom stereocenters. The van der Waals surface area contributed by atoms with Gasteiger partial charge in [-0.1, -0.05) is 52.0 Å². The van der Waals surface area contributed by atoms with E-state index < -0.39 is 0 Å². The van der Waals surface area contributed by atoms with Gasteiger partial charge in [0.15, 0.2) is 0 Å². The van der Waals surface area contributed by atoms with Crippen LogP contribution in [0.1, 0.15) is 43.6 Å². The molecule has 2 aromatic carbocycles. The first-order valence-corrected chi connectivity index (χ1v) is 9.63. The van der Waals surface area contributed by atoms with Crippen LogP contribution in [0.4, 0.5) is 0 Å². The lowest BCUT2D eigenvalue weighted by atomic mass is 9.87. The molecule has 1 N–H and O–H groups in total. The number of ether oxygens (including phenoxy) is 1. The van der Waals surface area contributed by atoms with Crippen molar-refractivity contribution in [3.8, 4) is 5.75 Å². The van der Waals surface area contributed by atoms with E-state index in [1.54, 1.807) is 11.8 Å². The molecule has 0 radical (unpaired) electrons. The molecule has 3 nitrogen and oxygen atoms in total. The lowest BCUT2D eigenvalue weighted by Gasteiger charge is -2.19. The minimum Gasteiger partial charge on any atom is -0.492 e. The summed E-state index contributed by atoms with van der Waals surface area (Å²) in [6.45, 7) is 9.57. The Labute approximate surface area is 155 Å². The fraction of sp³-hybridized carbons (Fsp3) is 0.381. The van der Waals surface area contributed by atoms with Gasteiger partial charge in [-0.3, -0.25) is 4.79 Å². The summed E-state index contributed by atoms with van der Waals surface area (Å²) in [7, 11) is 0. The molecule has 25 heavy (non-hydrogen) atoms. The maximum Gasteiger partial charge on any atom is 0.252 e. The van der Waals surface area contributed by atoms with E-state index in [0.29, 0.717) is 13.2 Å². The Morgan fingerprint density at radius 1 is 1.08 bits per heavy atom. The SMILES string of the molecule is CCSc1ccccc1C(=O)NCCOc1ccc(C(C)(C)C)cc1. The van der Waals surface area contributed by atoms with E-state index in [1.165, 1.54) is 5.56 Å². The second kappa shape index (κ2) is 8.95. The Balaban J connectivity index is 1.82. The van der Waals surface area contributed by atoms with Gasteiger partial charge in [-0.05, 0) is 41.0 Å². The van der Waals surface area contributed by atoms with Gasteiger partial charge in [0.1, 0.15) is 12.4 Å². The lowest BCUT2D eigenvalue weighted by Crippen LogP contribution is -2.28. The summed E-state index contributed by atoms with van der Waals surface area (Å²) in [4.78, 5) is 13.3. The molecular formula is C21H27NO2S. The third kappa shape index (κ3) is 5.82. The van der Waals surface area contributed by atoms with E-state index in [-0.39, 0.29) is 11.3 Å². The molecule has 0 fully saturated rings. The van der Waals surface area contributed by atoms with Crippen molar-refractivity contribution in [2.24, 2.45) is 0 Å². The number of nitrogens with one attached hydrogen (secondary N) is 1. The second-order valence-corrected chi connectivity index (χ2v) is 8.11. The third-order valence-electron chi connectivity index (χ3n) is 3.81. The molecule has 0 aliphatic carbocycles. The first kappa shape index (κ1) is 19.4. The van der Waals surface area contributed by atoms with Crippen molar-refractivity contribution in [1.82, 2.24) is 5.32 Å². The molecule has 0 aliphatic heterocycles. The zero-order valence-electron chi connectivity index (χ0n) is 15.5. The quantitative estimate of drug-likeness (QED) is 0.565. The van der Waals surface area contributed by atoms with Gasteiger partial charge in [0, 0.05) is 4.90 Å². The molecular weight excluding hydrogens is 330 g/mol. The highest BCUT2D eigenvalue weighted by molar-refractivity contribution is 7.99. The summed E-state index contributed by atoms with van der Waals surface area (Å²) in [5, 5.41) is 2.93. The van der Waals surface area contributed by atoms with Gasteiger partial charge >= 0.3 is 0 Å². The van der Waals surface area contributed by atoms with Crippen LogP contribution in [-0.2, 0) is 5.41 Å². The Morgan fingerprint density at radius 2 is 1.76 bits per heavy atom. The van der Waals surface area contributed by atoms with Crippen molar-refractivity contribution in [3.05, 3.63) is 59.7 Å². The van der Waals surface area contributed by atoms with Crippen LogP contribution in [0.5, 0.6) is 5.75 Å². The third-order valence-corrected chi connectivity index (χ3v) is 4.76. The van der Waals surface area contributed by atoms with Crippen LogP contribution in [0.3, 0.4) is 0 Å². The number of carbonyl (C=O) groups excluding carboxylic acids is 1. The molecule has 0 heterocycles. The second-order valence-electron chi connectivity index (χ2n) is 6.81. The minimum absolute atomic E-state index is 0.0526. The number of rotatable bonds is 7. The number of benzene rings is 2. The van der Waals surface area contributed by atoms with Gasteiger partial charge in [-0.15, -0.1) is 11.8 Å². The van der Waals surface area contributed by atoms with Crippen LogP contribution in [0.25, 0.3) is 0 Å². The molecule has 0 aliphatic rings. The van der Waals surface area contributed by atoms with Crippen LogP contribution in [0.15, 0.2) is 53.4 Å². The topological polar surface area (TPSA) is 38.3 Å². The Kier molecular flexibility index (Phi) is 6.94. The summed E-state index contributed by atoms with van der Waals surface area (Å²) in [5.41, 5.74) is 2.14. The van der Waals surface area contributed by atoms with Crippen LogP contribution in [-0.4, -0.2) is 24.8 Å². The van der Waals surface area contributed by atoms with Crippen molar-refractivity contribution in [3.63, 3.8) is 0 Å². The molecule has 4 heteroatoms. The minimum atomic E-state index is -0.0526. The van der Waals surface area contributed by atoms with Crippen molar-refractivity contribution >= 4 is 17.7 Å². The average Bonchev–Trinajstić information content (AvgIpc) is 2.59. The lowest BCUT2D eigenvalue weighted by molar-refractivity contribution is 0.0944. The first-order valence-electron chi connectivity index (χ1n) is 8.65. The van der Waals surface area contributed by atoms with Gasteiger partial charge < -0.3 is 10.1 Å². The van der Waals surface area contributed by atoms with E-state index in [4.69, 9.17) is 4.74 Å². The molecule has 2 aromatic rings. The first-order chi connectivity index (χ1) is 11.9. The smallest absolute Gasteiger partial charge is 0.252 e. The van der Waals surface area contributed by atoms with Crippen LogP contribution >= 0.6 is 11.8 Å². The Bertz CT molecular complexity index is 690. The monoisotopic (exact) mass is 357 g/mol. The number of amides is 1. The number of hydrogen-bond acceptors (Lipinski definition) is 3. The highest BCUT2D eigenvalue weighted by atomic mass is 32.2. The highest BCUT2D eigenvalue weighted by Gasteiger charge is 2.13. The van der Waals surface area contributed by atoms with Crippen molar-refractivity contribution in [2.45, 2.75) is 38.0 Å². The Hall–Kier alpha value is -1.94. The molecule has 2 rings (SSSR count). The maximum absolute atomic E-state index is 12.3. The van der Waals surface area contributed by atoms with Gasteiger partial charge in [0.2, 0.25) is 0 Å². The number of thioether (sulfide) groups is 1. The van der Waals surface area contributed by atoms with Gasteiger partial charge in [-0.2, -0.15) is 0 Å². The van der Waals surface area contributed by atoms with E-state index >= 15 is 0 Å². The molecule has 0 saturated carbocycles. The predicted molar refractivity (Wildman–Crippen MR) is 106 cm³/mol. The standard InChI is InChI=1S/C21H27NO2S/c1-5-25-19-9-7-6-8-18(19)20(23)22-14-15-24-17-12-10-16(11-13-17)21(2,3)4/h6-13H,5,14-15H2,1-4H3,(H,22,23). The number of carbonyl (C=O) groups is 1. The molecule has 0 bridgehead atoms.